The number of amides is 1. The monoisotopic (exact) mass is 359 g/mol. The van der Waals surface area contributed by atoms with Crippen molar-refractivity contribution < 1.29 is 19.0 Å². The Morgan fingerprint density at radius 2 is 2.24 bits per heavy atom. The molecule has 1 saturated heterocycles. The van der Waals surface area contributed by atoms with E-state index in [1.807, 2.05) is 0 Å². The van der Waals surface area contributed by atoms with Crippen molar-refractivity contribution in [1.29, 1.82) is 0 Å². The second-order valence-corrected chi connectivity index (χ2v) is 6.05. The van der Waals surface area contributed by atoms with E-state index in [1.54, 1.807) is 11.0 Å². The number of aliphatic hydroxyl groups excluding tert-OH is 1. The summed E-state index contributed by atoms with van der Waals surface area (Å²) >= 11 is 3.17. The van der Waals surface area contributed by atoms with Crippen LogP contribution in [0.1, 0.15) is 25.7 Å². The molecule has 0 aliphatic carbocycles. The topological polar surface area (TPSA) is 49.8 Å². The van der Waals surface area contributed by atoms with E-state index in [1.165, 1.54) is 12.1 Å². The second-order valence-electron chi connectivity index (χ2n) is 5.14. The predicted octanol–water partition coefficient (Wildman–Crippen LogP) is 2.73. The molecule has 1 atom stereocenters. The van der Waals surface area contributed by atoms with Gasteiger partial charge in [0.05, 0.1) is 12.6 Å². The summed E-state index contributed by atoms with van der Waals surface area (Å²) in [5.74, 6) is -0.660. The Labute approximate surface area is 132 Å². The van der Waals surface area contributed by atoms with Crippen LogP contribution in [0.15, 0.2) is 22.7 Å². The zero-order chi connectivity index (χ0) is 15.2. The summed E-state index contributed by atoms with van der Waals surface area (Å²) in [6, 6.07) is 4.28. The molecule has 0 aromatic heterocycles. The Kier molecular flexibility index (Phi) is 5.99. The molecule has 1 unspecified atom stereocenters. The first kappa shape index (κ1) is 16.2. The highest BCUT2D eigenvalue weighted by molar-refractivity contribution is 9.10. The van der Waals surface area contributed by atoms with Crippen molar-refractivity contribution in [3.8, 4) is 5.75 Å². The van der Waals surface area contributed by atoms with Gasteiger partial charge in [0.2, 0.25) is 0 Å². The van der Waals surface area contributed by atoms with Gasteiger partial charge in [0.15, 0.2) is 18.2 Å². The molecule has 1 fully saturated rings. The number of hydrogen-bond donors (Lipinski definition) is 1. The van der Waals surface area contributed by atoms with Crippen molar-refractivity contribution in [3.05, 3.63) is 28.5 Å². The molecule has 1 aromatic carbocycles. The standard InChI is InChI=1S/C15H19BrFNO3/c16-11-5-6-14(13(17)8-11)21-10-15(20)18-7-3-1-2-4-12(18)9-19/h5-6,8,12,19H,1-4,7,9-10H2. The molecule has 1 aliphatic heterocycles. The number of likely N-dealkylation sites (tertiary alicyclic amines) is 1. The lowest BCUT2D eigenvalue weighted by Crippen LogP contribution is -2.44. The quantitative estimate of drug-likeness (QED) is 0.898. The number of aliphatic hydroxyl groups is 1. The second kappa shape index (κ2) is 7.75. The van der Waals surface area contributed by atoms with Crippen LogP contribution in [-0.4, -0.2) is 41.7 Å². The largest absolute Gasteiger partial charge is 0.481 e. The molecule has 1 N–H and O–H groups in total. The lowest BCUT2D eigenvalue weighted by atomic mass is 10.1. The van der Waals surface area contributed by atoms with Crippen LogP contribution in [0.2, 0.25) is 0 Å². The third-order valence-electron chi connectivity index (χ3n) is 3.65. The first-order chi connectivity index (χ1) is 10.1. The number of hydrogen-bond acceptors (Lipinski definition) is 3. The zero-order valence-corrected chi connectivity index (χ0v) is 13.3. The molecule has 0 radical (unpaired) electrons. The van der Waals surface area contributed by atoms with Crippen molar-refractivity contribution in [2.75, 3.05) is 19.8 Å². The van der Waals surface area contributed by atoms with E-state index in [0.717, 1.165) is 25.7 Å². The Hall–Kier alpha value is -1.14. The number of ether oxygens (including phenoxy) is 1. The Morgan fingerprint density at radius 3 is 2.95 bits per heavy atom. The maximum absolute atomic E-state index is 13.6. The van der Waals surface area contributed by atoms with Crippen LogP contribution in [0, 0.1) is 5.82 Å². The van der Waals surface area contributed by atoms with Gasteiger partial charge < -0.3 is 14.7 Å². The molecular weight excluding hydrogens is 341 g/mol. The minimum atomic E-state index is -0.508. The van der Waals surface area contributed by atoms with Crippen LogP contribution in [-0.2, 0) is 4.79 Å². The minimum Gasteiger partial charge on any atom is -0.481 e. The molecule has 4 nitrogen and oxygen atoms in total. The van der Waals surface area contributed by atoms with Gasteiger partial charge in [0, 0.05) is 11.0 Å². The van der Waals surface area contributed by atoms with Gasteiger partial charge >= 0.3 is 0 Å². The number of carbonyl (C=O) groups is 1. The molecule has 0 spiro atoms. The molecule has 6 heteroatoms. The highest BCUT2D eigenvalue weighted by atomic mass is 79.9. The first-order valence-electron chi connectivity index (χ1n) is 7.10. The number of halogens is 2. The number of carbonyl (C=O) groups excluding carboxylic acids is 1. The highest BCUT2D eigenvalue weighted by Gasteiger charge is 2.25. The van der Waals surface area contributed by atoms with Gasteiger partial charge in [-0.2, -0.15) is 0 Å². The number of nitrogens with zero attached hydrogens (tertiary/aromatic N) is 1. The average Bonchev–Trinajstić information content (AvgIpc) is 2.71. The van der Waals surface area contributed by atoms with E-state index < -0.39 is 5.82 Å². The fourth-order valence-corrected chi connectivity index (χ4v) is 2.84. The highest BCUT2D eigenvalue weighted by Crippen LogP contribution is 2.22. The van der Waals surface area contributed by atoms with Crippen LogP contribution in [0.3, 0.4) is 0 Å². The fraction of sp³-hybridized carbons (Fsp3) is 0.533. The van der Waals surface area contributed by atoms with Crippen molar-refractivity contribution >= 4 is 21.8 Å². The molecule has 2 rings (SSSR count). The summed E-state index contributed by atoms with van der Waals surface area (Å²) in [5, 5.41) is 9.40. The number of benzene rings is 1. The summed E-state index contributed by atoms with van der Waals surface area (Å²) in [5.41, 5.74) is 0. The summed E-state index contributed by atoms with van der Waals surface area (Å²) in [6.45, 7) is 0.365. The summed E-state index contributed by atoms with van der Waals surface area (Å²) in [7, 11) is 0. The van der Waals surface area contributed by atoms with E-state index in [0.29, 0.717) is 11.0 Å². The molecule has 1 aromatic rings. The maximum Gasteiger partial charge on any atom is 0.260 e. The Balaban J connectivity index is 1.96. The van der Waals surface area contributed by atoms with Gasteiger partial charge in [-0.15, -0.1) is 0 Å². The summed E-state index contributed by atoms with van der Waals surface area (Å²) < 4.78 is 19.5. The Morgan fingerprint density at radius 1 is 1.43 bits per heavy atom. The predicted molar refractivity (Wildman–Crippen MR) is 80.6 cm³/mol. The smallest absolute Gasteiger partial charge is 0.260 e. The minimum absolute atomic E-state index is 0.0433. The van der Waals surface area contributed by atoms with E-state index in [4.69, 9.17) is 4.74 Å². The van der Waals surface area contributed by atoms with Crippen molar-refractivity contribution in [2.45, 2.75) is 31.7 Å². The zero-order valence-electron chi connectivity index (χ0n) is 11.7. The van der Waals surface area contributed by atoms with Gasteiger partial charge in [-0.25, -0.2) is 4.39 Å². The van der Waals surface area contributed by atoms with Crippen LogP contribution >= 0.6 is 15.9 Å². The summed E-state index contributed by atoms with van der Waals surface area (Å²) in [4.78, 5) is 13.9. The van der Waals surface area contributed by atoms with E-state index in [-0.39, 0.29) is 30.9 Å². The molecule has 0 bridgehead atoms. The van der Waals surface area contributed by atoms with Gasteiger partial charge in [-0.3, -0.25) is 4.79 Å². The lowest BCUT2D eigenvalue weighted by Gasteiger charge is -2.28. The normalized spacial score (nSPS) is 19.2. The molecular formula is C15H19BrFNO3. The van der Waals surface area contributed by atoms with E-state index >= 15 is 0 Å². The third kappa shape index (κ3) is 4.41. The van der Waals surface area contributed by atoms with Crippen LogP contribution in [0.5, 0.6) is 5.75 Å². The average molecular weight is 360 g/mol. The van der Waals surface area contributed by atoms with E-state index in [9.17, 15) is 14.3 Å². The van der Waals surface area contributed by atoms with Crippen LogP contribution in [0.4, 0.5) is 4.39 Å². The SMILES string of the molecule is O=C(COc1ccc(Br)cc1F)N1CCCCCC1CO. The van der Waals surface area contributed by atoms with Crippen molar-refractivity contribution in [2.24, 2.45) is 0 Å². The number of rotatable bonds is 4. The van der Waals surface area contributed by atoms with Gasteiger partial charge in [-0.05, 0) is 31.0 Å². The Bertz CT molecular complexity index is 498. The molecule has 1 aliphatic rings. The first-order valence-corrected chi connectivity index (χ1v) is 7.89. The van der Waals surface area contributed by atoms with E-state index in [2.05, 4.69) is 15.9 Å². The lowest BCUT2D eigenvalue weighted by molar-refractivity contribution is -0.136. The third-order valence-corrected chi connectivity index (χ3v) is 4.15. The summed E-state index contributed by atoms with van der Waals surface area (Å²) in [6.07, 6.45) is 3.80. The maximum atomic E-state index is 13.6. The van der Waals surface area contributed by atoms with Crippen LogP contribution in [0.25, 0.3) is 0 Å². The molecule has 116 valence electrons. The van der Waals surface area contributed by atoms with Crippen LogP contribution < -0.4 is 4.74 Å². The fourth-order valence-electron chi connectivity index (χ4n) is 2.51. The van der Waals surface area contributed by atoms with Gasteiger partial charge in [0.25, 0.3) is 5.91 Å². The van der Waals surface area contributed by atoms with Crippen molar-refractivity contribution in [3.63, 3.8) is 0 Å². The van der Waals surface area contributed by atoms with Gasteiger partial charge in [0.1, 0.15) is 0 Å². The van der Waals surface area contributed by atoms with Crippen molar-refractivity contribution in [1.82, 2.24) is 4.90 Å². The molecule has 0 saturated carbocycles. The molecule has 1 amide bonds. The van der Waals surface area contributed by atoms with Gasteiger partial charge in [-0.1, -0.05) is 28.8 Å². The molecule has 1 heterocycles. The molecule has 21 heavy (non-hydrogen) atoms.